The number of rotatable bonds is 3. The van der Waals surface area contributed by atoms with Crippen molar-refractivity contribution in [2.45, 2.75) is 69.7 Å². The van der Waals surface area contributed by atoms with Crippen molar-refractivity contribution in [1.29, 1.82) is 0 Å². The lowest BCUT2D eigenvalue weighted by atomic mass is 9.77. The molecule has 0 spiro atoms. The Morgan fingerprint density at radius 1 is 1.30 bits per heavy atom. The molecular formula is C22H26O8. The van der Waals surface area contributed by atoms with Crippen molar-refractivity contribution in [1.82, 2.24) is 0 Å². The Morgan fingerprint density at radius 3 is 2.50 bits per heavy atom. The molecule has 2 heterocycles. The molecule has 0 bridgehead atoms. The SMILES string of the molecule is C=C1C(=O)O[C@H]2[C@H]1[C@H](OC(=O)[C@]1(C)O[C@@H]1C)[C@H](OC(C)=O)C(=C)[C@]1(O)CC=C(C)[C@H]21. The Balaban J connectivity index is 1.82. The van der Waals surface area contributed by atoms with Gasteiger partial charge in [0.15, 0.2) is 17.8 Å². The standard InChI is InChI=1S/C22H26O8/c1-9-7-8-22(26)11(3)16(27-13(5)23)18(29-20(25)21(6)12(4)30-21)14-10(2)19(24)28-17(14)15(9)22/h7,12,14-18,26H,2-3,8H2,1,4-6H3/t12-,14+,15-,16-,17+,18+,21-,22-/m1/s1. The molecule has 2 aliphatic carbocycles. The summed E-state index contributed by atoms with van der Waals surface area (Å²) >= 11 is 0. The maximum Gasteiger partial charge on any atom is 0.341 e. The van der Waals surface area contributed by atoms with Gasteiger partial charge in [-0.15, -0.1) is 0 Å². The number of aliphatic hydroxyl groups is 1. The highest BCUT2D eigenvalue weighted by Gasteiger charge is 2.65. The molecule has 8 nitrogen and oxygen atoms in total. The van der Waals surface area contributed by atoms with Crippen molar-refractivity contribution < 1.29 is 38.4 Å². The van der Waals surface area contributed by atoms with Gasteiger partial charge in [-0.3, -0.25) is 4.79 Å². The van der Waals surface area contributed by atoms with Gasteiger partial charge in [0.05, 0.1) is 17.9 Å². The molecule has 30 heavy (non-hydrogen) atoms. The largest absolute Gasteiger partial charge is 0.457 e. The zero-order valence-corrected chi connectivity index (χ0v) is 17.5. The number of hydrogen-bond donors (Lipinski definition) is 1. The summed E-state index contributed by atoms with van der Waals surface area (Å²) in [7, 11) is 0. The van der Waals surface area contributed by atoms with Gasteiger partial charge in [0.2, 0.25) is 0 Å². The highest BCUT2D eigenvalue weighted by molar-refractivity contribution is 5.91. The van der Waals surface area contributed by atoms with Gasteiger partial charge in [-0.05, 0) is 32.8 Å². The van der Waals surface area contributed by atoms with Crippen molar-refractivity contribution in [2.75, 3.05) is 0 Å². The average Bonchev–Trinajstić information content (AvgIpc) is 3.05. The van der Waals surface area contributed by atoms with E-state index in [9.17, 15) is 19.5 Å². The predicted octanol–water partition coefficient (Wildman–Crippen LogP) is 1.37. The molecule has 2 saturated heterocycles. The summed E-state index contributed by atoms with van der Waals surface area (Å²) in [5.74, 6) is -3.36. The van der Waals surface area contributed by atoms with Crippen molar-refractivity contribution in [3.05, 3.63) is 36.0 Å². The molecule has 2 aliphatic heterocycles. The molecule has 0 aromatic carbocycles. The first-order chi connectivity index (χ1) is 13.9. The van der Waals surface area contributed by atoms with Crippen LogP contribution in [0.5, 0.6) is 0 Å². The third-order valence-corrected chi connectivity index (χ3v) is 6.96. The second-order valence-electron chi connectivity index (χ2n) is 8.77. The molecule has 8 heteroatoms. The topological polar surface area (TPSA) is 112 Å². The predicted molar refractivity (Wildman–Crippen MR) is 103 cm³/mol. The van der Waals surface area contributed by atoms with Crippen molar-refractivity contribution >= 4 is 17.9 Å². The maximum absolute atomic E-state index is 12.9. The van der Waals surface area contributed by atoms with Gasteiger partial charge < -0.3 is 24.1 Å². The molecule has 3 fully saturated rings. The quantitative estimate of drug-likeness (QED) is 0.241. The monoisotopic (exact) mass is 418 g/mol. The van der Waals surface area contributed by atoms with Crippen LogP contribution in [-0.2, 0) is 33.3 Å². The first-order valence-corrected chi connectivity index (χ1v) is 9.96. The molecule has 0 unspecified atom stereocenters. The minimum atomic E-state index is -1.52. The smallest absolute Gasteiger partial charge is 0.341 e. The molecule has 0 aromatic rings. The van der Waals surface area contributed by atoms with E-state index in [0.717, 1.165) is 5.57 Å². The summed E-state index contributed by atoms with van der Waals surface area (Å²) in [5, 5.41) is 11.6. The lowest BCUT2D eigenvalue weighted by Gasteiger charge is -2.36. The minimum absolute atomic E-state index is 0.0987. The van der Waals surface area contributed by atoms with Crippen LogP contribution in [0.25, 0.3) is 0 Å². The molecule has 4 rings (SSSR count). The number of ether oxygens (including phenoxy) is 4. The van der Waals surface area contributed by atoms with E-state index >= 15 is 0 Å². The minimum Gasteiger partial charge on any atom is -0.457 e. The molecule has 1 saturated carbocycles. The fourth-order valence-electron chi connectivity index (χ4n) is 4.95. The Labute approximate surface area is 174 Å². The fraction of sp³-hybridized carbons (Fsp3) is 0.591. The summed E-state index contributed by atoms with van der Waals surface area (Å²) in [4.78, 5) is 37.2. The third kappa shape index (κ3) is 2.77. The zero-order valence-electron chi connectivity index (χ0n) is 17.5. The first-order valence-electron chi connectivity index (χ1n) is 9.96. The van der Waals surface area contributed by atoms with Crippen molar-refractivity contribution in [3.63, 3.8) is 0 Å². The van der Waals surface area contributed by atoms with Crippen LogP contribution in [0.3, 0.4) is 0 Å². The maximum atomic E-state index is 12.9. The average molecular weight is 418 g/mol. The van der Waals surface area contributed by atoms with Gasteiger partial charge in [-0.2, -0.15) is 0 Å². The van der Waals surface area contributed by atoms with Gasteiger partial charge in [-0.1, -0.05) is 24.8 Å². The second kappa shape index (κ2) is 6.52. The van der Waals surface area contributed by atoms with Gasteiger partial charge in [0.1, 0.15) is 11.7 Å². The van der Waals surface area contributed by atoms with E-state index in [-0.39, 0.29) is 23.7 Å². The highest BCUT2D eigenvalue weighted by atomic mass is 16.7. The van der Waals surface area contributed by atoms with Crippen LogP contribution in [0.15, 0.2) is 36.0 Å². The van der Waals surface area contributed by atoms with E-state index in [1.807, 2.05) is 13.0 Å². The summed E-state index contributed by atoms with van der Waals surface area (Å²) in [6.07, 6.45) is -1.44. The molecule has 1 N–H and O–H groups in total. The number of esters is 3. The van der Waals surface area contributed by atoms with Crippen LogP contribution < -0.4 is 0 Å². The normalized spacial score (nSPS) is 44.4. The summed E-state index contributed by atoms with van der Waals surface area (Å²) < 4.78 is 22.3. The zero-order chi connectivity index (χ0) is 22.2. The van der Waals surface area contributed by atoms with E-state index in [4.69, 9.17) is 18.9 Å². The summed E-state index contributed by atoms with van der Waals surface area (Å²) in [5.41, 5.74) is -1.54. The first kappa shape index (κ1) is 20.8. The number of carbonyl (C=O) groups excluding carboxylic acids is 3. The van der Waals surface area contributed by atoms with Gasteiger partial charge in [-0.25, -0.2) is 9.59 Å². The Bertz CT molecular complexity index is 903. The highest BCUT2D eigenvalue weighted by Crippen LogP contribution is 2.54. The summed E-state index contributed by atoms with van der Waals surface area (Å²) in [6, 6.07) is 0. The van der Waals surface area contributed by atoms with Crippen LogP contribution in [-0.4, -0.2) is 58.6 Å². The Morgan fingerprint density at radius 2 is 1.93 bits per heavy atom. The lowest BCUT2D eigenvalue weighted by molar-refractivity contribution is -0.172. The molecule has 162 valence electrons. The molecular weight excluding hydrogens is 392 g/mol. The van der Waals surface area contributed by atoms with E-state index in [0.29, 0.717) is 0 Å². The number of fused-ring (bicyclic) bond motifs is 3. The lowest BCUT2D eigenvalue weighted by Crippen LogP contribution is -2.46. The number of carbonyl (C=O) groups is 3. The Hall–Kier alpha value is -2.45. The fourth-order valence-corrected chi connectivity index (χ4v) is 4.95. The van der Waals surface area contributed by atoms with Gasteiger partial charge in [0.25, 0.3) is 0 Å². The summed E-state index contributed by atoms with van der Waals surface area (Å²) in [6.45, 7) is 14.3. The molecule has 4 aliphatic rings. The van der Waals surface area contributed by atoms with Gasteiger partial charge in [0, 0.05) is 12.5 Å². The van der Waals surface area contributed by atoms with Crippen LogP contribution in [0.2, 0.25) is 0 Å². The molecule has 0 amide bonds. The molecule has 0 radical (unpaired) electrons. The van der Waals surface area contributed by atoms with Crippen LogP contribution in [0, 0.1) is 11.8 Å². The molecule has 8 atom stereocenters. The van der Waals surface area contributed by atoms with E-state index in [1.165, 1.54) is 6.92 Å². The number of hydrogen-bond acceptors (Lipinski definition) is 8. The van der Waals surface area contributed by atoms with Crippen LogP contribution >= 0.6 is 0 Å². The van der Waals surface area contributed by atoms with Crippen LogP contribution in [0.4, 0.5) is 0 Å². The van der Waals surface area contributed by atoms with Crippen molar-refractivity contribution in [2.24, 2.45) is 11.8 Å². The van der Waals surface area contributed by atoms with E-state index < -0.39 is 59.3 Å². The molecule has 0 aromatic heterocycles. The number of epoxide rings is 1. The third-order valence-electron chi connectivity index (χ3n) is 6.96. The second-order valence-corrected chi connectivity index (χ2v) is 8.77. The van der Waals surface area contributed by atoms with Crippen LogP contribution in [0.1, 0.15) is 34.1 Å². The van der Waals surface area contributed by atoms with Gasteiger partial charge >= 0.3 is 17.9 Å². The van der Waals surface area contributed by atoms with Crippen molar-refractivity contribution in [3.8, 4) is 0 Å². The van der Waals surface area contributed by atoms with E-state index in [1.54, 1.807) is 13.8 Å². The van der Waals surface area contributed by atoms with E-state index in [2.05, 4.69) is 13.2 Å². The Kier molecular flexibility index (Phi) is 4.52.